The molecule has 31 heavy (non-hydrogen) atoms. The topological polar surface area (TPSA) is 54.4 Å². The molecule has 0 heterocycles. The zero-order chi connectivity index (χ0) is 23.6. The lowest BCUT2D eigenvalue weighted by Gasteiger charge is -2.30. The number of quaternary nitrogens is 2. The second kappa shape index (κ2) is 17.3. The molecule has 0 amide bonds. The maximum absolute atomic E-state index is 10.8. The van der Waals surface area contributed by atoms with E-state index in [0.29, 0.717) is 6.42 Å². The molecule has 0 fully saturated rings. The van der Waals surface area contributed by atoms with Gasteiger partial charge in [-0.1, -0.05) is 58.3 Å². The number of unbranched alkanes of at least 4 members (excludes halogenated alkanes) is 12. The standard InChI is InChI=1S/C25H55N2O3S/c1-6-7-8-9-10-11-12-13-14-17-21-26(2,3)22-18-15-16-19-23-27(4,5)24-20-25-31(28,29)30/h6-25H2,1-5H3/q+1/p+1. The molecule has 6 heteroatoms. The molecule has 0 aromatic rings. The second-order valence-electron chi connectivity index (χ2n) is 11.0. The summed E-state index contributed by atoms with van der Waals surface area (Å²) in [6.45, 7) is 6.71. The molecule has 0 spiro atoms. The fourth-order valence-electron chi connectivity index (χ4n) is 4.36. The molecule has 0 aliphatic rings. The largest absolute Gasteiger partial charge is 0.328 e. The van der Waals surface area contributed by atoms with E-state index in [9.17, 15) is 8.42 Å². The summed E-state index contributed by atoms with van der Waals surface area (Å²) in [7, 11) is 5.23. The monoisotopic (exact) mass is 464 g/mol. The zero-order valence-electron chi connectivity index (χ0n) is 21.7. The minimum atomic E-state index is -3.82. The molecule has 0 aliphatic carbocycles. The third kappa shape index (κ3) is 22.8. The molecule has 0 aliphatic heterocycles. The molecule has 0 saturated carbocycles. The van der Waals surface area contributed by atoms with Crippen molar-refractivity contribution in [2.45, 2.75) is 103 Å². The molecule has 0 atom stereocenters. The van der Waals surface area contributed by atoms with Crippen molar-refractivity contribution in [2.24, 2.45) is 0 Å². The Morgan fingerprint density at radius 3 is 1.13 bits per heavy atom. The van der Waals surface area contributed by atoms with Crippen molar-refractivity contribution in [3.05, 3.63) is 0 Å². The predicted octanol–water partition coefficient (Wildman–Crippen LogP) is 5.90. The zero-order valence-corrected chi connectivity index (χ0v) is 22.5. The Labute approximate surface area is 195 Å². The Morgan fingerprint density at radius 1 is 0.516 bits per heavy atom. The van der Waals surface area contributed by atoms with Crippen molar-refractivity contribution < 1.29 is 21.9 Å². The summed E-state index contributed by atoms with van der Waals surface area (Å²) in [6, 6.07) is 0. The molecule has 0 aromatic heterocycles. The first-order chi connectivity index (χ1) is 14.5. The normalized spacial score (nSPS) is 13.1. The van der Waals surface area contributed by atoms with E-state index < -0.39 is 10.1 Å². The van der Waals surface area contributed by atoms with Gasteiger partial charge in [0, 0.05) is 6.42 Å². The van der Waals surface area contributed by atoms with Gasteiger partial charge >= 0.3 is 0 Å². The molecule has 188 valence electrons. The molecule has 0 radical (unpaired) electrons. The van der Waals surface area contributed by atoms with E-state index in [1.807, 2.05) is 0 Å². The Hall–Kier alpha value is -0.170. The summed E-state index contributed by atoms with van der Waals surface area (Å²) in [5.74, 6) is -0.124. The van der Waals surface area contributed by atoms with Crippen LogP contribution in [0.15, 0.2) is 0 Å². The first kappa shape index (κ1) is 30.8. The fraction of sp³-hybridized carbons (Fsp3) is 1.00. The highest BCUT2D eigenvalue weighted by Crippen LogP contribution is 2.13. The van der Waals surface area contributed by atoms with Gasteiger partial charge in [0.15, 0.2) is 0 Å². The summed E-state index contributed by atoms with van der Waals surface area (Å²) in [4.78, 5) is 0. The minimum Gasteiger partial charge on any atom is -0.328 e. The van der Waals surface area contributed by atoms with Crippen LogP contribution in [-0.4, -0.2) is 82.1 Å². The van der Waals surface area contributed by atoms with Crippen LogP contribution in [0.5, 0.6) is 0 Å². The van der Waals surface area contributed by atoms with Gasteiger partial charge in [0.2, 0.25) is 0 Å². The Bertz CT molecular complexity index is 519. The van der Waals surface area contributed by atoms with Crippen LogP contribution in [0.4, 0.5) is 0 Å². The van der Waals surface area contributed by atoms with Crippen LogP contribution in [0.2, 0.25) is 0 Å². The smallest absolute Gasteiger partial charge is 0.265 e. The lowest BCUT2D eigenvalue weighted by molar-refractivity contribution is -0.891. The van der Waals surface area contributed by atoms with E-state index >= 15 is 0 Å². The molecular formula is C25H56N2O3S+2. The summed E-state index contributed by atoms with van der Waals surface area (Å²) in [6.07, 6.45) is 19.6. The maximum atomic E-state index is 10.8. The van der Waals surface area contributed by atoms with E-state index in [1.54, 1.807) is 0 Å². The van der Waals surface area contributed by atoms with Gasteiger partial charge in [-0.3, -0.25) is 4.55 Å². The lowest BCUT2D eigenvalue weighted by atomic mass is 10.1. The van der Waals surface area contributed by atoms with Crippen molar-refractivity contribution in [1.29, 1.82) is 0 Å². The van der Waals surface area contributed by atoms with Crippen LogP contribution in [0.25, 0.3) is 0 Å². The average molecular weight is 465 g/mol. The van der Waals surface area contributed by atoms with Crippen LogP contribution >= 0.6 is 0 Å². The van der Waals surface area contributed by atoms with Crippen molar-refractivity contribution >= 4 is 10.1 Å². The third-order valence-electron chi connectivity index (χ3n) is 6.56. The number of hydrogen-bond acceptors (Lipinski definition) is 2. The van der Waals surface area contributed by atoms with Crippen LogP contribution in [0, 0.1) is 0 Å². The van der Waals surface area contributed by atoms with Crippen LogP contribution in [0.1, 0.15) is 103 Å². The van der Waals surface area contributed by atoms with Gasteiger partial charge in [-0.05, 0) is 38.5 Å². The predicted molar refractivity (Wildman–Crippen MR) is 135 cm³/mol. The van der Waals surface area contributed by atoms with Gasteiger partial charge in [-0.2, -0.15) is 8.42 Å². The number of hydrogen-bond donors (Lipinski definition) is 1. The van der Waals surface area contributed by atoms with E-state index in [1.165, 1.54) is 103 Å². The van der Waals surface area contributed by atoms with Gasteiger partial charge in [0.1, 0.15) is 0 Å². The van der Waals surface area contributed by atoms with E-state index in [2.05, 4.69) is 35.1 Å². The van der Waals surface area contributed by atoms with Crippen LogP contribution in [0.3, 0.4) is 0 Å². The Balaban J connectivity index is 3.62. The van der Waals surface area contributed by atoms with Crippen molar-refractivity contribution in [3.8, 4) is 0 Å². The first-order valence-corrected chi connectivity index (χ1v) is 14.7. The van der Waals surface area contributed by atoms with Crippen molar-refractivity contribution in [1.82, 2.24) is 0 Å². The fourth-order valence-corrected chi connectivity index (χ4v) is 4.85. The quantitative estimate of drug-likeness (QED) is 0.123. The number of nitrogens with zero attached hydrogens (tertiary/aromatic N) is 2. The molecule has 0 aromatic carbocycles. The second-order valence-corrected chi connectivity index (χ2v) is 12.6. The Morgan fingerprint density at radius 2 is 0.806 bits per heavy atom. The summed E-state index contributed by atoms with van der Waals surface area (Å²) in [5.41, 5.74) is 0. The van der Waals surface area contributed by atoms with Crippen LogP contribution in [-0.2, 0) is 10.1 Å². The van der Waals surface area contributed by atoms with Gasteiger partial charge < -0.3 is 8.97 Å². The summed E-state index contributed by atoms with van der Waals surface area (Å²) < 4.78 is 32.5. The first-order valence-electron chi connectivity index (χ1n) is 13.1. The highest BCUT2D eigenvalue weighted by atomic mass is 32.2. The molecule has 0 unspecified atom stereocenters. The molecule has 1 N–H and O–H groups in total. The van der Waals surface area contributed by atoms with E-state index in [-0.39, 0.29) is 5.75 Å². The minimum absolute atomic E-state index is 0.124. The molecule has 0 rings (SSSR count). The highest BCUT2D eigenvalue weighted by Gasteiger charge is 2.17. The summed E-state index contributed by atoms with van der Waals surface area (Å²) in [5, 5.41) is 0. The average Bonchev–Trinajstić information content (AvgIpc) is 2.64. The SMILES string of the molecule is CCCCCCCCCCCC[N+](C)(C)CCCCCC[N+](C)(C)CCCS(=O)(=O)O. The summed E-state index contributed by atoms with van der Waals surface area (Å²) >= 11 is 0. The van der Waals surface area contributed by atoms with E-state index in [4.69, 9.17) is 4.55 Å². The lowest BCUT2D eigenvalue weighted by Crippen LogP contribution is -2.42. The van der Waals surface area contributed by atoms with E-state index in [0.717, 1.165) is 22.1 Å². The third-order valence-corrected chi connectivity index (χ3v) is 7.36. The van der Waals surface area contributed by atoms with Crippen molar-refractivity contribution in [2.75, 3.05) is 60.1 Å². The molecule has 0 bridgehead atoms. The van der Waals surface area contributed by atoms with Gasteiger partial charge in [-0.15, -0.1) is 0 Å². The van der Waals surface area contributed by atoms with Crippen LogP contribution < -0.4 is 0 Å². The maximum Gasteiger partial charge on any atom is 0.265 e. The Kier molecular flexibility index (Phi) is 17.2. The molecular weight excluding hydrogens is 408 g/mol. The van der Waals surface area contributed by atoms with Gasteiger partial charge in [-0.25, -0.2) is 0 Å². The number of rotatable bonds is 22. The van der Waals surface area contributed by atoms with Gasteiger partial charge in [0.05, 0.1) is 60.1 Å². The molecule has 5 nitrogen and oxygen atoms in total. The highest BCUT2D eigenvalue weighted by molar-refractivity contribution is 7.85. The molecule has 0 saturated heterocycles. The van der Waals surface area contributed by atoms with Gasteiger partial charge in [0.25, 0.3) is 10.1 Å². The van der Waals surface area contributed by atoms with Crippen molar-refractivity contribution in [3.63, 3.8) is 0 Å².